The van der Waals surface area contributed by atoms with Crippen molar-refractivity contribution in [3.63, 3.8) is 0 Å². The van der Waals surface area contributed by atoms with Crippen LogP contribution in [0.3, 0.4) is 0 Å². The molecule has 7 nitrogen and oxygen atoms in total. The van der Waals surface area contributed by atoms with Crippen LogP contribution in [0, 0.1) is 5.82 Å². The molecular formula is C23H19ClFN5O2. The Morgan fingerprint density at radius 2 is 1.88 bits per heavy atom. The van der Waals surface area contributed by atoms with Crippen LogP contribution in [0.15, 0.2) is 55.1 Å². The zero-order valence-corrected chi connectivity index (χ0v) is 17.9. The van der Waals surface area contributed by atoms with Gasteiger partial charge in [0.15, 0.2) is 29.2 Å². The molecule has 0 amide bonds. The number of nitrogens with one attached hydrogen (secondary N) is 1. The van der Waals surface area contributed by atoms with Gasteiger partial charge in [-0.3, -0.25) is 0 Å². The summed E-state index contributed by atoms with van der Waals surface area (Å²) in [5.41, 5.74) is 0.848. The van der Waals surface area contributed by atoms with Gasteiger partial charge in [0.05, 0.1) is 22.3 Å². The lowest BCUT2D eigenvalue weighted by Crippen LogP contribution is -2.09. The molecule has 1 saturated carbocycles. The Balaban J connectivity index is 1.55. The van der Waals surface area contributed by atoms with E-state index in [-0.39, 0.29) is 16.8 Å². The Labute approximate surface area is 188 Å². The van der Waals surface area contributed by atoms with E-state index in [1.807, 2.05) is 13.0 Å². The fraction of sp³-hybridized carbons (Fsp3) is 0.217. The van der Waals surface area contributed by atoms with Crippen molar-refractivity contribution in [1.82, 2.24) is 19.9 Å². The standard InChI is InChI=1S/C23H19ClFN5O2/c1-13(22-26-8-3-9-27-22)31-19-10-15-18(11-20(19)32-14-6-7-14)28-12-29-23(15)30-17-5-2-4-16(24)21(17)25/h2-5,8-14H,6-7H2,1H3,(H,28,29,30)/t13-/m0/s1. The van der Waals surface area contributed by atoms with E-state index in [2.05, 4.69) is 25.3 Å². The Kier molecular flexibility index (Phi) is 5.45. The summed E-state index contributed by atoms with van der Waals surface area (Å²) in [6.45, 7) is 1.86. The summed E-state index contributed by atoms with van der Waals surface area (Å²) in [6, 6.07) is 10.1. The molecule has 0 radical (unpaired) electrons. The Hall–Kier alpha value is -3.52. The average Bonchev–Trinajstić information content (AvgIpc) is 3.62. The highest BCUT2D eigenvalue weighted by molar-refractivity contribution is 6.31. The van der Waals surface area contributed by atoms with Crippen LogP contribution in [-0.2, 0) is 0 Å². The van der Waals surface area contributed by atoms with Crippen molar-refractivity contribution in [3.05, 3.63) is 71.8 Å². The molecule has 2 heterocycles. The molecule has 32 heavy (non-hydrogen) atoms. The third kappa shape index (κ3) is 4.27. The first kappa shape index (κ1) is 20.4. The highest BCUT2D eigenvalue weighted by atomic mass is 35.5. The van der Waals surface area contributed by atoms with E-state index < -0.39 is 11.9 Å². The number of halogens is 2. The largest absolute Gasteiger partial charge is 0.486 e. The molecule has 1 aliphatic carbocycles. The van der Waals surface area contributed by atoms with Gasteiger partial charge in [-0.25, -0.2) is 24.3 Å². The molecule has 4 aromatic rings. The molecule has 0 saturated heterocycles. The van der Waals surface area contributed by atoms with Crippen LogP contribution in [0.4, 0.5) is 15.9 Å². The number of nitrogens with zero attached hydrogens (tertiary/aromatic N) is 4. The molecule has 1 N–H and O–H groups in total. The maximum absolute atomic E-state index is 14.4. The van der Waals surface area contributed by atoms with Gasteiger partial charge in [-0.15, -0.1) is 0 Å². The molecule has 1 aliphatic rings. The van der Waals surface area contributed by atoms with E-state index in [0.29, 0.717) is 34.0 Å². The third-order valence-electron chi connectivity index (χ3n) is 4.98. The van der Waals surface area contributed by atoms with Crippen LogP contribution in [0.5, 0.6) is 11.5 Å². The van der Waals surface area contributed by atoms with Gasteiger partial charge in [0, 0.05) is 23.8 Å². The Morgan fingerprint density at radius 1 is 1.06 bits per heavy atom. The van der Waals surface area contributed by atoms with E-state index in [1.54, 1.807) is 36.7 Å². The van der Waals surface area contributed by atoms with Crippen molar-refractivity contribution >= 4 is 34.0 Å². The predicted molar refractivity (Wildman–Crippen MR) is 119 cm³/mol. The maximum atomic E-state index is 14.4. The molecule has 0 unspecified atom stereocenters. The van der Waals surface area contributed by atoms with Crippen LogP contribution >= 0.6 is 11.6 Å². The first-order chi connectivity index (χ1) is 15.6. The quantitative estimate of drug-likeness (QED) is 0.389. The minimum atomic E-state index is -0.555. The lowest BCUT2D eigenvalue weighted by molar-refractivity contribution is 0.198. The topological polar surface area (TPSA) is 82.0 Å². The maximum Gasteiger partial charge on any atom is 0.168 e. The highest BCUT2D eigenvalue weighted by Crippen LogP contribution is 2.40. The van der Waals surface area contributed by atoms with Gasteiger partial charge in [-0.1, -0.05) is 17.7 Å². The summed E-state index contributed by atoms with van der Waals surface area (Å²) < 4.78 is 26.7. The van der Waals surface area contributed by atoms with E-state index in [4.69, 9.17) is 21.1 Å². The summed E-state index contributed by atoms with van der Waals surface area (Å²) in [5, 5.41) is 3.68. The van der Waals surface area contributed by atoms with Gasteiger partial charge in [0.2, 0.25) is 0 Å². The van der Waals surface area contributed by atoms with Crippen LogP contribution < -0.4 is 14.8 Å². The summed E-state index contributed by atoms with van der Waals surface area (Å²) in [7, 11) is 0. The van der Waals surface area contributed by atoms with Gasteiger partial charge in [-0.2, -0.15) is 0 Å². The fourth-order valence-electron chi connectivity index (χ4n) is 3.20. The average molecular weight is 452 g/mol. The second-order valence-electron chi connectivity index (χ2n) is 7.45. The Bertz CT molecular complexity index is 1270. The van der Waals surface area contributed by atoms with Gasteiger partial charge in [0.25, 0.3) is 0 Å². The normalized spacial score (nSPS) is 14.2. The van der Waals surface area contributed by atoms with Crippen LogP contribution in [0.25, 0.3) is 10.9 Å². The van der Waals surface area contributed by atoms with E-state index in [1.165, 1.54) is 12.4 Å². The molecule has 0 aliphatic heterocycles. The van der Waals surface area contributed by atoms with E-state index >= 15 is 0 Å². The monoisotopic (exact) mass is 451 g/mol. The molecule has 162 valence electrons. The van der Waals surface area contributed by atoms with Gasteiger partial charge >= 0.3 is 0 Å². The number of aromatic nitrogens is 4. The third-order valence-corrected chi connectivity index (χ3v) is 5.27. The fourth-order valence-corrected chi connectivity index (χ4v) is 3.38. The number of rotatable bonds is 7. The lowest BCUT2D eigenvalue weighted by Gasteiger charge is -2.18. The first-order valence-corrected chi connectivity index (χ1v) is 10.6. The predicted octanol–water partition coefficient (Wildman–Crippen LogP) is 5.64. The number of hydrogen-bond acceptors (Lipinski definition) is 7. The van der Waals surface area contributed by atoms with Crippen molar-refractivity contribution in [2.45, 2.75) is 32.0 Å². The van der Waals surface area contributed by atoms with E-state index in [9.17, 15) is 4.39 Å². The molecular weight excluding hydrogens is 433 g/mol. The van der Waals surface area contributed by atoms with Crippen LogP contribution in [0.2, 0.25) is 5.02 Å². The van der Waals surface area contributed by atoms with Gasteiger partial charge in [-0.05, 0) is 44.0 Å². The molecule has 0 bridgehead atoms. The number of benzene rings is 2. The van der Waals surface area contributed by atoms with Gasteiger partial charge in [0.1, 0.15) is 12.1 Å². The molecule has 1 fully saturated rings. The second kappa shape index (κ2) is 8.55. The zero-order valence-electron chi connectivity index (χ0n) is 17.1. The smallest absolute Gasteiger partial charge is 0.168 e. The SMILES string of the molecule is C[C@H](Oc1cc2c(Nc3cccc(Cl)c3F)ncnc2cc1OC1CC1)c1ncccn1. The lowest BCUT2D eigenvalue weighted by atomic mass is 10.2. The minimum Gasteiger partial charge on any atom is -0.486 e. The Morgan fingerprint density at radius 3 is 2.66 bits per heavy atom. The molecule has 0 spiro atoms. The number of anilines is 2. The first-order valence-electron chi connectivity index (χ1n) is 10.2. The summed E-state index contributed by atoms with van der Waals surface area (Å²) >= 11 is 5.92. The van der Waals surface area contributed by atoms with Crippen molar-refractivity contribution in [2.75, 3.05) is 5.32 Å². The minimum absolute atomic E-state index is 0.0224. The zero-order chi connectivity index (χ0) is 22.1. The molecule has 2 aromatic heterocycles. The van der Waals surface area contributed by atoms with Gasteiger partial charge < -0.3 is 14.8 Å². The number of hydrogen-bond donors (Lipinski definition) is 1. The number of ether oxygens (including phenoxy) is 2. The molecule has 9 heteroatoms. The van der Waals surface area contributed by atoms with Crippen molar-refractivity contribution in [1.29, 1.82) is 0 Å². The highest BCUT2D eigenvalue weighted by Gasteiger charge is 2.26. The van der Waals surface area contributed by atoms with Crippen LogP contribution in [-0.4, -0.2) is 26.0 Å². The van der Waals surface area contributed by atoms with E-state index in [0.717, 1.165) is 12.8 Å². The molecule has 5 rings (SSSR count). The van der Waals surface area contributed by atoms with Crippen molar-refractivity contribution in [3.8, 4) is 11.5 Å². The summed E-state index contributed by atoms with van der Waals surface area (Å²) in [4.78, 5) is 17.2. The second-order valence-corrected chi connectivity index (χ2v) is 7.86. The molecule has 2 aromatic carbocycles. The van der Waals surface area contributed by atoms with Crippen molar-refractivity contribution < 1.29 is 13.9 Å². The summed E-state index contributed by atoms with van der Waals surface area (Å²) in [6.07, 6.45) is 6.49. The van der Waals surface area contributed by atoms with Crippen LogP contribution in [0.1, 0.15) is 31.7 Å². The summed E-state index contributed by atoms with van der Waals surface area (Å²) in [5.74, 6) is 1.51. The van der Waals surface area contributed by atoms with Crippen molar-refractivity contribution in [2.24, 2.45) is 0 Å². The number of fused-ring (bicyclic) bond motifs is 1. The molecule has 1 atom stereocenters.